The van der Waals surface area contributed by atoms with Crippen LogP contribution in [0.3, 0.4) is 0 Å². The van der Waals surface area contributed by atoms with Crippen molar-refractivity contribution in [3.05, 3.63) is 53.1 Å². The van der Waals surface area contributed by atoms with E-state index in [-0.39, 0.29) is 11.4 Å². The lowest BCUT2D eigenvalue weighted by atomic mass is 9.95. The molecule has 3 aromatic heterocycles. The van der Waals surface area contributed by atoms with Gasteiger partial charge in [0.2, 0.25) is 0 Å². The SMILES string of the molecule is CC(C)(O)c1cc2nn(C(C)(C)C)cc2cc1NC(=O)c1cnn2cc(Cl)cnc12. The second-order valence-electron chi connectivity index (χ2n) is 8.81. The van der Waals surface area contributed by atoms with Crippen LogP contribution in [0, 0.1) is 0 Å². The molecule has 4 aromatic rings. The van der Waals surface area contributed by atoms with Crippen molar-refractivity contribution >= 4 is 39.7 Å². The number of carbonyl (C=O) groups excluding carboxylic acids is 1. The van der Waals surface area contributed by atoms with Crippen molar-refractivity contribution in [1.29, 1.82) is 0 Å². The molecule has 0 spiro atoms. The predicted octanol–water partition coefficient (Wildman–Crippen LogP) is 3.97. The molecule has 1 amide bonds. The van der Waals surface area contributed by atoms with Crippen molar-refractivity contribution in [3.8, 4) is 0 Å². The quantitative estimate of drug-likeness (QED) is 0.516. The number of amides is 1. The molecular formula is C21H23ClN6O2. The van der Waals surface area contributed by atoms with Gasteiger partial charge in [0, 0.05) is 29.0 Å². The number of hydrogen-bond acceptors (Lipinski definition) is 5. The summed E-state index contributed by atoms with van der Waals surface area (Å²) in [4.78, 5) is 17.2. The summed E-state index contributed by atoms with van der Waals surface area (Å²) in [7, 11) is 0. The van der Waals surface area contributed by atoms with Gasteiger partial charge >= 0.3 is 0 Å². The first kappa shape index (κ1) is 20.3. The molecule has 0 aliphatic rings. The van der Waals surface area contributed by atoms with Crippen LogP contribution in [0.2, 0.25) is 5.02 Å². The number of hydrogen-bond donors (Lipinski definition) is 2. The van der Waals surface area contributed by atoms with E-state index in [1.165, 1.54) is 16.9 Å². The molecule has 0 aliphatic carbocycles. The number of nitrogens with one attached hydrogen (secondary N) is 1. The van der Waals surface area contributed by atoms with Crippen LogP contribution in [-0.2, 0) is 11.1 Å². The van der Waals surface area contributed by atoms with Crippen molar-refractivity contribution in [2.75, 3.05) is 5.32 Å². The minimum atomic E-state index is -1.19. The summed E-state index contributed by atoms with van der Waals surface area (Å²) in [6, 6.07) is 3.63. The smallest absolute Gasteiger partial charge is 0.261 e. The third-order valence-electron chi connectivity index (χ3n) is 4.81. The average molecular weight is 427 g/mol. The fraction of sp³-hybridized carbons (Fsp3) is 0.333. The number of aromatic nitrogens is 5. The van der Waals surface area contributed by atoms with E-state index in [4.69, 9.17) is 11.6 Å². The molecule has 9 heteroatoms. The number of carbonyl (C=O) groups is 1. The van der Waals surface area contributed by atoms with E-state index in [9.17, 15) is 9.90 Å². The lowest BCUT2D eigenvalue weighted by Crippen LogP contribution is -2.22. The molecule has 1 aromatic carbocycles. The Hall–Kier alpha value is -2.97. The zero-order valence-corrected chi connectivity index (χ0v) is 18.2. The topological polar surface area (TPSA) is 97.3 Å². The fourth-order valence-corrected chi connectivity index (χ4v) is 3.37. The average Bonchev–Trinajstić information content (AvgIpc) is 3.22. The zero-order valence-electron chi connectivity index (χ0n) is 17.4. The summed E-state index contributed by atoms with van der Waals surface area (Å²) in [5, 5.41) is 23.7. The molecule has 0 fully saturated rings. The van der Waals surface area contributed by atoms with Gasteiger partial charge in [0.25, 0.3) is 5.91 Å². The highest BCUT2D eigenvalue weighted by Crippen LogP contribution is 2.33. The normalized spacial score (nSPS) is 12.6. The summed E-state index contributed by atoms with van der Waals surface area (Å²) in [6.45, 7) is 9.52. The number of benzene rings is 1. The van der Waals surface area contributed by atoms with Gasteiger partial charge in [0.15, 0.2) is 5.65 Å². The van der Waals surface area contributed by atoms with Crippen molar-refractivity contribution in [2.24, 2.45) is 0 Å². The molecule has 30 heavy (non-hydrogen) atoms. The van der Waals surface area contributed by atoms with Crippen molar-refractivity contribution < 1.29 is 9.90 Å². The lowest BCUT2D eigenvalue weighted by molar-refractivity contribution is 0.0794. The van der Waals surface area contributed by atoms with Gasteiger partial charge in [-0.3, -0.25) is 9.48 Å². The van der Waals surface area contributed by atoms with E-state index >= 15 is 0 Å². The number of anilines is 1. The van der Waals surface area contributed by atoms with Gasteiger partial charge in [-0.25, -0.2) is 9.50 Å². The molecule has 4 rings (SSSR count). The molecule has 0 aliphatic heterocycles. The standard InChI is InChI=1S/C21H23ClN6O2/c1-20(2,3)28-10-12-6-17(15(21(4,5)30)7-16(12)26-28)25-19(29)14-9-24-27-11-13(22)8-23-18(14)27/h6-11,30H,1-5H3,(H,25,29). The Kier molecular flexibility index (Phi) is 4.59. The summed E-state index contributed by atoms with van der Waals surface area (Å²) >= 11 is 5.94. The van der Waals surface area contributed by atoms with Crippen LogP contribution in [0.4, 0.5) is 5.69 Å². The highest BCUT2D eigenvalue weighted by molar-refractivity contribution is 6.30. The first-order valence-corrected chi connectivity index (χ1v) is 9.88. The van der Waals surface area contributed by atoms with E-state index in [2.05, 4.69) is 41.3 Å². The maximum Gasteiger partial charge on any atom is 0.261 e. The van der Waals surface area contributed by atoms with E-state index in [0.29, 0.717) is 27.5 Å². The molecule has 8 nitrogen and oxygen atoms in total. The minimum Gasteiger partial charge on any atom is -0.386 e. The summed E-state index contributed by atoms with van der Waals surface area (Å²) < 4.78 is 3.32. The Bertz CT molecular complexity index is 1280. The Morgan fingerprint density at radius 2 is 1.87 bits per heavy atom. The number of aliphatic hydroxyl groups is 1. The molecular weight excluding hydrogens is 404 g/mol. The van der Waals surface area contributed by atoms with Gasteiger partial charge in [0.1, 0.15) is 5.56 Å². The summed E-state index contributed by atoms with van der Waals surface area (Å²) in [6.07, 6.45) is 6.41. The first-order valence-electron chi connectivity index (χ1n) is 9.50. The third-order valence-corrected chi connectivity index (χ3v) is 5.00. The van der Waals surface area contributed by atoms with Crippen LogP contribution in [0.5, 0.6) is 0 Å². The lowest BCUT2D eigenvalue weighted by Gasteiger charge is -2.22. The number of nitrogens with zero attached hydrogens (tertiary/aromatic N) is 5. The third kappa shape index (κ3) is 3.64. The number of rotatable bonds is 3. The van der Waals surface area contributed by atoms with Crippen molar-refractivity contribution in [1.82, 2.24) is 24.4 Å². The Labute approximate surface area is 178 Å². The number of fused-ring (bicyclic) bond motifs is 2. The molecule has 2 N–H and O–H groups in total. The fourth-order valence-electron chi connectivity index (χ4n) is 3.23. The maximum atomic E-state index is 13.0. The monoisotopic (exact) mass is 426 g/mol. The second-order valence-corrected chi connectivity index (χ2v) is 9.25. The minimum absolute atomic E-state index is 0.193. The van der Waals surface area contributed by atoms with Gasteiger partial charge in [-0.2, -0.15) is 10.2 Å². The maximum absolute atomic E-state index is 13.0. The van der Waals surface area contributed by atoms with Crippen LogP contribution in [0.1, 0.15) is 50.5 Å². The van der Waals surface area contributed by atoms with Gasteiger partial charge in [-0.1, -0.05) is 11.6 Å². The molecule has 0 saturated heterocycles. The van der Waals surface area contributed by atoms with Crippen LogP contribution in [0.15, 0.2) is 36.9 Å². The van der Waals surface area contributed by atoms with Gasteiger partial charge in [-0.15, -0.1) is 0 Å². The van der Waals surface area contributed by atoms with Crippen LogP contribution >= 0.6 is 11.6 Å². The first-order chi connectivity index (χ1) is 13.9. The van der Waals surface area contributed by atoms with Gasteiger partial charge in [-0.05, 0) is 46.8 Å². The summed E-state index contributed by atoms with van der Waals surface area (Å²) in [5.41, 5.74) is 1.13. The number of halogens is 1. The summed E-state index contributed by atoms with van der Waals surface area (Å²) in [5.74, 6) is -0.382. The largest absolute Gasteiger partial charge is 0.386 e. The van der Waals surface area contributed by atoms with E-state index in [0.717, 1.165) is 10.9 Å². The highest BCUT2D eigenvalue weighted by atomic mass is 35.5. The molecule has 156 valence electrons. The molecule has 0 unspecified atom stereocenters. The molecule has 0 radical (unpaired) electrons. The van der Waals surface area contributed by atoms with Crippen molar-refractivity contribution in [2.45, 2.75) is 45.8 Å². The highest BCUT2D eigenvalue weighted by Gasteiger charge is 2.25. The zero-order chi connectivity index (χ0) is 21.8. The van der Waals surface area contributed by atoms with Crippen molar-refractivity contribution in [3.63, 3.8) is 0 Å². The van der Waals surface area contributed by atoms with Crippen LogP contribution in [-0.4, -0.2) is 35.4 Å². The predicted molar refractivity (Wildman–Crippen MR) is 116 cm³/mol. The van der Waals surface area contributed by atoms with Crippen LogP contribution in [0.25, 0.3) is 16.6 Å². The molecule has 0 atom stereocenters. The van der Waals surface area contributed by atoms with E-state index in [1.807, 2.05) is 16.9 Å². The van der Waals surface area contributed by atoms with Gasteiger partial charge < -0.3 is 10.4 Å². The molecule has 3 heterocycles. The van der Waals surface area contributed by atoms with Crippen LogP contribution < -0.4 is 5.32 Å². The Morgan fingerprint density at radius 3 is 2.53 bits per heavy atom. The van der Waals surface area contributed by atoms with E-state index < -0.39 is 5.60 Å². The Morgan fingerprint density at radius 1 is 1.13 bits per heavy atom. The van der Waals surface area contributed by atoms with E-state index in [1.54, 1.807) is 26.1 Å². The Balaban J connectivity index is 1.79. The molecule has 0 bridgehead atoms. The van der Waals surface area contributed by atoms with Gasteiger partial charge in [0.05, 0.1) is 34.1 Å². The molecule has 0 saturated carbocycles. The second kappa shape index (κ2) is 6.78.